The molecule has 3 atom stereocenters. The van der Waals surface area contributed by atoms with E-state index in [4.69, 9.17) is 5.73 Å². The molecule has 0 aromatic carbocycles. The van der Waals surface area contributed by atoms with Crippen molar-refractivity contribution in [3.05, 3.63) is 0 Å². The summed E-state index contributed by atoms with van der Waals surface area (Å²) in [5.74, 6) is 1.60. The summed E-state index contributed by atoms with van der Waals surface area (Å²) >= 11 is 0. The first-order valence-corrected chi connectivity index (χ1v) is 8.67. The molecule has 0 radical (unpaired) electrons. The van der Waals surface area contributed by atoms with Crippen molar-refractivity contribution < 1.29 is 4.79 Å². The summed E-state index contributed by atoms with van der Waals surface area (Å²) in [6.07, 6.45) is 10.9. The Morgan fingerprint density at radius 2 is 1.85 bits per heavy atom. The maximum Gasteiger partial charge on any atom is 0.225 e. The highest BCUT2D eigenvalue weighted by Gasteiger charge is 2.35. The van der Waals surface area contributed by atoms with Crippen molar-refractivity contribution >= 4 is 5.91 Å². The molecule has 3 N–H and O–H groups in total. The van der Waals surface area contributed by atoms with Gasteiger partial charge in [0.05, 0.1) is 5.92 Å². The van der Waals surface area contributed by atoms with Gasteiger partial charge in [0.15, 0.2) is 0 Å². The van der Waals surface area contributed by atoms with Gasteiger partial charge in [-0.05, 0) is 50.4 Å². The first-order valence-electron chi connectivity index (χ1n) is 8.67. The molecule has 0 aromatic rings. The van der Waals surface area contributed by atoms with Gasteiger partial charge < -0.3 is 11.1 Å². The predicted molar refractivity (Wildman–Crippen MR) is 83.3 cm³/mol. The minimum Gasteiger partial charge on any atom is -0.353 e. The average Bonchev–Trinajstić information content (AvgIpc) is 2.41. The number of carbonyl (C=O) groups is 1. The lowest BCUT2D eigenvalue weighted by molar-refractivity contribution is -0.129. The monoisotopic (exact) mass is 280 g/mol. The second kappa shape index (κ2) is 7.44. The molecule has 0 heterocycles. The third-order valence-electron chi connectivity index (χ3n) is 5.46. The van der Waals surface area contributed by atoms with Crippen LogP contribution in [0, 0.1) is 17.8 Å². The molecule has 3 heteroatoms. The fraction of sp³-hybridized carbons (Fsp3) is 0.941. The highest BCUT2D eigenvalue weighted by molar-refractivity contribution is 5.80. The predicted octanol–water partition coefficient (Wildman–Crippen LogP) is 3.23. The van der Waals surface area contributed by atoms with E-state index in [1.807, 2.05) is 0 Å². The first-order chi connectivity index (χ1) is 9.61. The van der Waals surface area contributed by atoms with Gasteiger partial charge in [-0.25, -0.2) is 0 Å². The zero-order chi connectivity index (χ0) is 14.5. The minimum absolute atomic E-state index is 0.0390. The SMILES string of the molecule is CCCC1CCC(NC(=O)C2C(C)CCCC2N)CC1. The van der Waals surface area contributed by atoms with E-state index in [9.17, 15) is 4.79 Å². The van der Waals surface area contributed by atoms with Gasteiger partial charge in [0, 0.05) is 12.1 Å². The summed E-state index contributed by atoms with van der Waals surface area (Å²) in [5, 5.41) is 3.29. The number of hydrogen-bond donors (Lipinski definition) is 2. The molecule has 0 bridgehead atoms. The summed E-state index contributed by atoms with van der Waals surface area (Å²) in [6, 6.07) is 0.465. The van der Waals surface area contributed by atoms with Gasteiger partial charge in [0.25, 0.3) is 0 Å². The molecule has 0 saturated heterocycles. The van der Waals surface area contributed by atoms with Crippen molar-refractivity contribution in [2.24, 2.45) is 23.5 Å². The van der Waals surface area contributed by atoms with Gasteiger partial charge in [-0.1, -0.05) is 33.1 Å². The van der Waals surface area contributed by atoms with Crippen LogP contribution in [0.2, 0.25) is 0 Å². The van der Waals surface area contributed by atoms with Gasteiger partial charge >= 0.3 is 0 Å². The smallest absolute Gasteiger partial charge is 0.225 e. The topological polar surface area (TPSA) is 55.1 Å². The number of amides is 1. The van der Waals surface area contributed by atoms with Crippen LogP contribution in [-0.4, -0.2) is 18.0 Å². The molecule has 2 saturated carbocycles. The number of hydrogen-bond acceptors (Lipinski definition) is 2. The van der Waals surface area contributed by atoms with Crippen LogP contribution in [0.15, 0.2) is 0 Å². The Balaban J connectivity index is 1.80. The largest absolute Gasteiger partial charge is 0.353 e. The lowest BCUT2D eigenvalue weighted by Gasteiger charge is -2.35. The molecule has 2 fully saturated rings. The Morgan fingerprint density at radius 3 is 2.45 bits per heavy atom. The second-order valence-corrected chi connectivity index (χ2v) is 7.11. The highest BCUT2D eigenvalue weighted by Crippen LogP contribution is 2.31. The fourth-order valence-corrected chi connectivity index (χ4v) is 4.21. The van der Waals surface area contributed by atoms with Crippen LogP contribution in [0.4, 0.5) is 0 Å². The third-order valence-corrected chi connectivity index (χ3v) is 5.46. The molecule has 3 nitrogen and oxygen atoms in total. The molecule has 0 aliphatic heterocycles. The molecule has 0 spiro atoms. The van der Waals surface area contributed by atoms with E-state index < -0.39 is 0 Å². The highest BCUT2D eigenvalue weighted by atomic mass is 16.2. The average molecular weight is 280 g/mol. The molecule has 2 aliphatic carbocycles. The van der Waals surface area contributed by atoms with E-state index in [-0.39, 0.29) is 17.9 Å². The van der Waals surface area contributed by atoms with Crippen molar-refractivity contribution in [2.45, 2.75) is 83.7 Å². The van der Waals surface area contributed by atoms with E-state index in [2.05, 4.69) is 19.2 Å². The Labute approximate surface area is 124 Å². The number of nitrogens with one attached hydrogen (secondary N) is 1. The number of carbonyl (C=O) groups excluding carboxylic acids is 1. The molecule has 3 unspecified atom stereocenters. The Kier molecular flexibility index (Phi) is 5.88. The van der Waals surface area contributed by atoms with Crippen LogP contribution in [0.3, 0.4) is 0 Å². The molecule has 1 amide bonds. The van der Waals surface area contributed by atoms with Crippen LogP contribution in [0.5, 0.6) is 0 Å². The van der Waals surface area contributed by atoms with Crippen molar-refractivity contribution in [3.8, 4) is 0 Å². The maximum atomic E-state index is 12.5. The summed E-state index contributed by atoms with van der Waals surface area (Å²) in [7, 11) is 0. The second-order valence-electron chi connectivity index (χ2n) is 7.11. The molecule has 0 aromatic heterocycles. The lowest BCUT2D eigenvalue weighted by atomic mass is 9.76. The summed E-state index contributed by atoms with van der Waals surface area (Å²) < 4.78 is 0. The normalized spacial score (nSPS) is 38.5. The molecular formula is C17H32N2O. The Hall–Kier alpha value is -0.570. The molecule has 2 rings (SSSR count). The van der Waals surface area contributed by atoms with Crippen molar-refractivity contribution in [1.82, 2.24) is 5.32 Å². The molecular weight excluding hydrogens is 248 g/mol. The van der Waals surface area contributed by atoms with E-state index in [0.717, 1.165) is 31.6 Å². The Bertz CT molecular complexity index is 300. The maximum absolute atomic E-state index is 12.5. The molecule has 116 valence electrons. The van der Waals surface area contributed by atoms with Crippen LogP contribution >= 0.6 is 0 Å². The standard InChI is InChI=1S/C17H32N2O/c1-3-5-13-8-10-14(11-9-13)19-17(20)16-12(2)6-4-7-15(16)18/h12-16H,3-11,18H2,1-2H3,(H,19,20). The van der Waals surface area contributed by atoms with Gasteiger partial charge in [0.1, 0.15) is 0 Å². The summed E-state index contributed by atoms with van der Waals surface area (Å²) in [4.78, 5) is 12.5. The van der Waals surface area contributed by atoms with Crippen LogP contribution in [0.1, 0.15) is 71.6 Å². The van der Waals surface area contributed by atoms with E-state index in [0.29, 0.717) is 12.0 Å². The molecule has 20 heavy (non-hydrogen) atoms. The van der Waals surface area contributed by atoms with Crippen LogP contribution < -0.4 is 11.1 Å². The number of nitrogens with two attached hydrogens (primary N) is 1. The number of rotatable bonds is 4. The van der Waals surface area contributed by atoms with Crippen LogP contribution in [0.25, 0.3) is 0 Å². The Morgan fingerprint density at radius 1 is 1.15 bits per heavy atom. The zero-order valence-corrected chi connectivity index (χ0v) is 13.2. The third kappa shape index (κ3) is 3.97. The zero-order valence-electron chi connectivity index (χ0n) is 13.2. The fourth-order valence-electron chi connectivity index (χ4n) is 4.21. The summed E-state index contributed by atoms with van der Waals surface area (Å²) in [5.41, 5.74) is 6.18. The van der Waals surface area contributed by atoms with Gasteiger partial charge in [-0.15, -0.1) is 0 Å². The quantitative estimate of drug-likeness (QED) is 0.830. The van der Waals surface area contributed by atoms with E-state index in [1.54, 1.807) is 0 Å². The van der Waals surface area contributed by atoms with Crippen molar-refractivity contribution in [3.63, 3.8) is 0 Å². The van der Waals surface area contributed by atoms with E-state index in [1.165, 1.54) is 32.1 Å². The van der Waals surface area contributed by atoms with Crippen LogP contribution in [-0.2, 0) is 4.79 Å². The van der Waals surface area contributed by atoms with Gasteiger partial charge in [0.2, 0.25) is 5.91 Å². The van der Waals surface area contributed by atoms with Crippen molar-refractivity contribution in [2.75, 3.05) is 0 Å². The minimum atomic E-state index is 0.0390. The van der Waals surface area contributed by atoms with Gasteiger partial charge in [-0.2, -0.15) is 0 Å². The molecule has 2 aliphatic rings. The van der Waals surface area contributed by atoms with Crippen molar-refractivity contribution in [1.29, 1.82) is 0 Å². The first kappa shape index (κ1) is 15.8. The van der Waals surface area contributed by atoms with E-state index >= 15 is 0 Å². The van der Waals surface area contributed by atoms with Gasteiger partial charge in [-0.3, -0.25) is 4.79 Å². The summed E-state index contributed by atoms with van der Waals surface area (Å²) in [6.45, 7) is 4.45. The lowest BCUT2D eigenvalue weighted by Crippen LogP contribution is -2.50.